The lowest BCUT2D eigenvalue weighted by Crippen LogP contribution is -2.37. The highest BCUT2D eigenvalue weighted by Gasteiger charge is 2.32. The molecule has 2 aromatic carbocycles. The summed E-state index contributed by atoms with van der Waals surface area (Å²) < 4.78 is 10.5. The Bertz CT molecular complexity index is 912. The molecule has 1 N–H and O–H groups in total. The zero-order valence-electron chi connectivity index (χ0n) is 15.4. The van der Waals surface area contributed by atoms with E-state index in [1.54, 1.807) is 23.1 Å². The number of methoxy groups -OCH3 is 2. The first-order valence-electron chi connectivity index (χ1n) is 8.50. The maximum Gasteiger partial charge on any atom is 0.269 e. The number of carbonyl (C=O) groups is 2. The highest BCUT2D eigenvalue weighted by Crippen LogP contribution is 2.33. The number of rotatable bonds is 6. The molecule has 3 rings (SSSR count). The molecule has 0 aromatic heterocycles. The van der Waals surface area contributed by atoms with E-state index in [1.165, 1.54) is 38.5 Å². The van der Waals surface area contributed by atoms with Gasteiger partial charge in [-0.1, -0.05) is 0 Å². The molecule has 2 aromatic rings. The first-order valence-corrected chi connectivity index (χ1v) is 8.50. The van der Waals surface area contributed by atoms with Gasteiger partial charge in [0.15, 0.2) is 11.5 Å². The summed E-state index contributed by atoms with van der Waals surface area (Å²) in [5, 5.41) is 13.5. The Morgan fingerprint density at radius 3 is 2.43 bits per heavy atom. The summed E-state index contributed by atoms with van der Waals surface area (Å²) in [4.78, 5) is 36.5. The largest absolute Gasteiger partial charge is 0.493 e. The first-order chi connectivity index (χ1) is 13.4. The van der Waals surface area contributed by atoms with Crippen LogP contribution in [0.25, 0.3) is 0 Å². The highest BCUT2D eigenvalue weighted by atomic mass is 16.6. The Balaban J connectivity index is 1.69. The van der Waals surface area contributed by atoms with E-state index in [2.05, 4.69) is 5.32 Å². The monoisotopic (exact) mass is 385 g/mol. The van der Waals surface area contributed by atoms with Crippen molar-refractivity contribution in [1.29, 1.82) is 0 Å². The Kier molecular flexibility index (Phi) is 5.44. The lowest BCUT2D eigenvalue weighted by molar-refractivity contribution is -0.384. The van der Waals surface area contributed by atoms with Gasteiger partial charge >= 0.3 is 0 Å². The summed E-state index contributed by atoms with van der Waals surface area (Å²) in [6.07, 6.45) is 0.160. The average Bonchev–Trinajstić information content (AvgIpc) is 3.07. The number of nitrogens with one attached hydrogen (secondary N) is 1. The van der Waals surface area contributed by atoms with Gasteiger partial charge in [-0.25, -0.2) is 0 Å². The van der Waals surface area contributed by atoms with Crippen LogP contribution in [-0.4, -0.2) is 43.5 Å². The molecule has 1 aliphatic rings. The van der Waals surface area contributed by atoms with Gasteiger partial charge in [0, 0.05) is 42.4 Å². The molecule has 0 unspecified atom stereocenters. The Labute approximate surface area is 161 Å². The zero-order valence-corrected chi connectivity index (χ0v) is 15.4. The van der Waals surface area contributed by atoms with Crippen LogP contribution in [0.4, 0.5) is 11.4 Å². The number of hydrogen-bond acceptors (Lipinski definition) is 6. The number of benzene rings is 2. The highest BCUT2D eigenvalue weighted by molar-refractivity contribution is 5.99. The number of anilines is 1. The number of nitrogens with zero attached hydrogens (tertiary/aromatic N) is 2. The van der Waals surface area contributed by atoms with Crippen LogP contribution in [-0.2, 0) is 4.79 Å². The number of non-ortho nitro benzene ring substituents is 1. The van der Waals surface area contributed by atoms with E-state index in [-0.39, 0.29) is 30.0 Å². The molecule has 0 bridgehead atoms. The van der Waals surface area contributed by atoms with Crippen molar-refractivity contribution in [3.8, 4) is 11.5 Å². The zero-order chi connectivity index (χ0) is 20.3. The van der Waals surface area contributed by atoms with Gasteiger partial charge in [-0.2, -0.15) is 0 Å². The number of nitro groups is 1. The predicted octanol–water partition coefficient (Wildman–Crippen LogP) is 2.15. The second-order valence-electron chi connectivity index (χ2n) is 6.22. The fourth-order valence-electron chi connectivity index (χ4n) is 3.05. The standard InChI is InChI=1S/C19H19N3O6/c1-27-16-8-7-15(10-17(16)28-2)21-11-13(9-18(21)23)20-19(24)12-3-5-14(6-4-12)22(25)26/h3-8,10,13H,9,11H2,1-2H3,(H,20,24)/t13-/m1/s1. The van der Waals surface area contributed by atoms with E-state index in [0.717, 1.165) is 0 Å². The van der Waals surface area contributed by atoms with Crippen LogP contribution >= 0.6 is 0 Å². The summed E-state index contributed by atoms with van der Waals surface area (Å²) in [6, 6.07) is 10.1. The number of ether oxygens (including phenoxy) is 2. The number of carbonyl (C=O) groups excluding carboxylic acids is 2. The van der Waals surface area contributed by atoms with Crippen LogP contribution in [0.15, 0.2) is 42.5 Å². The minimum absolute atomic E-state index is 0.0905. The smallest absolute Gasteiger partial charge is 0.269 e. The molecule has 1 saturated heterocycles. The van der Waals surface area contributed by atoms with Crippen molar-refractivity contribution in [2.24, 2.45) is 0 Å². The number of nitro benzene ring substituents is 1. The summed E-state index contributed by atoms with van der Waals surface area (Å²) in [7, 11) is 3.04. The second-order valence-corrected chi connectivity index (χ2v) is 6.22. The third-order valence-electron chi connectivity index (χ3n) is 4.48. The molecule has 1 aliphatic heterocycles. The number of hydrogen-bond donors (Lipinski definition) is 1. The first kappa shape index (κ1) is 19.2. The Morgan fingerprint density at radius 1 is 1.14 bits per heavy atom. The quantitative estimate of drug-likeness (QED) is 0.602. The minimum Gasteiger partial charge on any atom is -0.493 e. The molecule has 9 nitrogen and oxygen atoms in total. The molecule has 1 heterocycles. The molecule has 146 valence electrons. The SMILES string of the molecule is COc1ccc(N2C[C@H](NC(=O)c3ccc([N+](=O)[O-])cc3)CC2=O)cc1OC. The second kappa shape index (κ2) is 7.95. The van der Waals surface area contributed by atoms with E-state index in [0.29, 0.717) is 29.3 Å². The van der Waals surface area contributed by atoms with Gasteiger partial charge < -0.3 is 19.7 Å². The molecular weight excluding hydrogens is 366 g/mol. The molecule has 1 fully saturated rings. The van der Waals surface area contributed by atoms with E-state index >= 15 is 0 Å². The molecule has 0 spiro atoms. The third-order valence-corrected chi connectivity index (χ3v) is 4.48. The predicted molar refractivity (Wildman–Crippen MR) is 101 cm³/mol. The molecule has 1 atom stereocenters. The molecule has 9 heteroatoms. The van der Waals surface area contributed by atoms with Crippen molar-refractivity contribution >= 4 is 23.2 Å². The van der Waals surface area contributed by atoms with Crippen LogP contribution < -0.4 is 19.7 Å². The van der Waals surface area contributed by atoms with Crippen LogP contribution in [0.2, 0.25) is 0 Å². The number of amides is 2. The minimum atomic E-state index is -0.529. The normalized spacial score (nSPS) is 16.0. The molecular formula is C19H19N3O6. The van der Waals surface area contributed by atoms with Crippen molar-refractivity contribution in [3.63, 3.8) is 0 Å². The van der Waals surface area contributed by atoms with Gasteiger partial charge in [-0.05, 0) is 24.3 Å². The molecule has 0 aliphatic carbocycles. The molecule has 0 saturated carbocycles. The van der Waals surface area contributed by atoms with Gasteiger partial charge in [0.2, 0.25) is 5.91 Å². The fourth-order valence-corrected chi connectivity index (χ4v) is 3.05. The van der Waals surface area contributed by atoms with Crippen LogP contribution in [0.3, 0.4) is 0 Å². The van der Waals surface area contributed by atoms with Crippen molar-refractivity contribution in [2.75, 3.05) is 25.7 Å². The summed E-state index contributed by atoms with van der Waals surface area (Å²) in [6.45, 7) is 0.313. The molecule has 0 radical (unpaired) electrons. The maximum atomic E-state index is 12.4. The van der Waals surface area contributed by atoms with Crippen LogP contribution in [0, 0.1) is 10.1 Å². The van der Waals surface area contributed by atoms with E-state index in [1.807, 2.05) is 0 Å². The van der Waals surface area contributed by atoms with E-state index in [4.69, 9.17) is 9.47 Å². The fraction of sp³-hybridized carbons (Fsp3) is 0.263. The average molecular weight is 385 g/mol. The summed E-state index contributed by atoms with van der Waals surface area (Å²) in [5.74, 6) is 0.551. The maximum absolute atomic E-state index is 12.4. The topological polar surface area (TPSA) is 111 Å². The van der Waals surface area contributed by atoms with Gasteiger partial charge in [0.1, 0.15) is 0 Å². The van der Waals surface area contributed by atoms with Crippen molar-refractivity contribution in [3.05, 3.63) is 58.1 Å². The van der Waals surface area contributed by atoms with Gasteiger partial charge in [-0.15, -0.1) is 0 Å². The van der Waals surface area contributed by atoms with Crippen LogP contribution in [0.5, 0.6) is 11.5 Å². The van der Waals surface area contributed by atoms with E-state index < -0.39 is 4.92 Å². The van der Waals surface area contributed by atoms with Crippen molar-refractivity contribution in [2.45, 2.75) is 12.5 Å². The van der Waals surface area contributed by atoms with Gasteiger partial charge in [0.05, 0.1) is 25.2 Å². The van der Waals surface area contributed by atoms with Gasteiger partial charge in [0.25, 0.3) is 11.6 Å². The lowest BCUT2D eigenvalue weighted by Gasteiger charge is -2.19. The molecule has 2 amide bonds. The Hall–Kier alpha value is -3.62. The lowest BCUT2D eigenvalue weighted by atomic mass is 10.1. The van der Waals surface area contributed by atoms with Crippen LogP contribution in [0.1, 0.15) is 16.8 Å². The summed E-state index contributed by atoms with van der Waals surface area (Å²) in [5.41, 5.74) is 0.851. The van der Waals surface area contributed by atoms with E-state index in [9.17, 15) is 19.7 Å². The summed E-state index contributed by atoms with van der Waals surface area (Å²) >= 11 is 0. The Morgan fingerprint density at radius 2 is 1.82 bits per heavy atom. The third kappa shape index (κ3) is 3.88. The van der Waals surface area contributed by atoms with Gasteiger partial charge in [-0.3, -0.25) is 19.7 Å². The van der Waals surface area contributed by atoms with Crippen molar-refractivity contribution < 1.29 is 24.0 Å². The van der Waals surface area contributed by atoms with Crippen molar-refractivity contribution in [1.82, 2.24) is 5.32 Å². The molecule has 28 heavy (non-hydrogen) atoms.